The lowest BCUT2D eigenvalue weighted by atomic mass is 10.4. The smallest absolute Gasteiger partial charge is 0.311 e. The van der Waals surface area contributed by atoms with Crippen LogP contribution in [0.2, 0.25) is 21.0 Å². The molecule has 0 fully saturated rings. The van der Waals surface area contributed by atoms with Crippen molar-refractivity contribution in [2.75, 3.05) is 22.1 Å². The molecule has 0 bridgehead atoms. The Hall–Kier alpha value is -1.59. The molecule has 0 aliphatic carbocycles. The molecule has 6 N–H and O–H groups in total. The van der Waals surface area contributed by atoms with Crippen LogP contribution in [0, 0.1) is 30.0 Å². The zero-order chi connectivity index (χ0) is 48.1. The Kier molecular flexibility index (Phi) is 19.6. The highest BCUT2D eigenvalue weighted by Gasteiger charge is 2.15. The van der Waals surface area contributed by atoms with E-state index in [1.807, 2.05) is 26.9 Å². The highest BCUT2D eigenvalue weighted by molar-refractivity contribution is 14.1. The molecular weight excluding hydrogens is 1610 g/mol. The molecule has 10 rings (SSSR count). The van der Waals surface area contributed by atoms with Gasteiger partial charge in [-0.1, -0.05) is 11.6 Å². The summed E-state index contributed by atoms with van der Waals surface area (Å²) in [4.78, 5) is 60.1. The van der Waals surface area contributed by atoms with Crippen LogP contribution in [0.1, 0.15) is 13.8 Å². The second kappa shape index (κ2) is 24.0. The number of nitrogens with zero attached hydrogens (tertiary/aromatic N) is 10. The van der Waals surface area contributed by atoms with Gasteiger partial charge in [-0.25, -0.2) is 24.9 Å². The molecule has 32 heteroatoms. The van der Waals surface area contributed by atoms with E-state index in [0.29, 0.717) is 32.5 Å². The molecule has 342 valence electrons. The number of carbonyl (C=O) groups excluding carboxylic acids is 2. The van der Waals surface area contributed by atoms with Gasteiger partial charge in [0.15, 0.2) is 16.8 Å². The lowest BCUT2D eigenvalue weighted by Crippen LogP contribution is -2.09. The van der Waals surface area contributed by atoms with E-state index < -0.39 is 12.2 Å². The molecular formula is C34H17Cl4F2I5N14O2S5. The SMILES string of the molecule is CC(=O)Nc1nc(Cl)nc2c(I)csc12.CC(=O)Nc1nc(F)nc2c(I)csc12.Clc1nc(Cl)c2scc(I)c2n1.Nc1nc(Cl)nc2c(I)csc12.Nc1nc(F)nc2c(I)csc12. The van der Waals surface area contributed by atoms with Crippen LogP contribution in [0.15, 0.2) is 26.9 Å². The monoisotopic (exact) mass is 1630 g/mol. The Morgan fingerprint density at radius 1 is 0.470 bits per heavy atom. The number of carbonyl (C=O) groups is 2. The molecule has 0 spiro atoms. The standard InChI is InChI=1S/C8H5ClIN3OS.C8H5FIN3OS.C6HCl2IN2S.C6H3ClIN3S.C6H3FIN3S/c2*1-3(14)11-7-6-5(4(10)2-15-6)12-8(9)13-7;7-5-4-3(2(9)1-12-4)10-6(8)11-5;2*7-6-10-3-2(8)1-12-4(3)5(9)11-6/h2*2H,1H3,(H,11,12,13,14);1H;2*1H,(H2,9,10,11). The largest absolute Gasteiger partial charge is 0.382 e. The summed E-state index contributed by atoms with van der Waals surface area (Å²) >= 11 is 41.0. The number of nitrogen functional groups attached to an aromatic ring is 2. The van der Waals surface area contributed by atoms with Gasteiger partial charge in [0.2, 0.25) is 27.7 Å². The molecule has 0 radical (unpaired) electrons. The third-order valence-electron chi connectivity index (χ3n) is 7.32. The Morgan fingerprint density at radius 2 is 0.788 bits per heavy atom. The topological polar surface area (TPSA) is 239 Å². The summed E-state index contributed by atoms with van der Waals surface area (Å²) in [6, 6.07) is 0. The Morgan fingerprint density at radius 3 is 1.26 bits per heavy atom. The maximum absolute atomic E-state index is 13.0. The lowest BCUT2D eigenvalue weighted by molar-refractivity contribution is -0.115. The number of amides is 2. The van der Waals surface area contributed by atoms with Crippen molar-refractivity contribution in [2.45, 2.75) is 13.8 Å². The predicted octanol–water partition coefficient (Wildman–Crippen LogP) is 13.5. The van der Waals surface area contributed by atoms with E-state index in [4.69, 9.17) is 57.9 Å². The van der Waals surface area contributed by atoms with Crippen LogP contribution in [-0.2, 0) is 9.59 Å². The first-order valence-corrected chi connectivity index (χ1v) is 28.2. The molecule has 10 aromatic heterocycles. The minimum absolute atomic E-state index is 0.141. The Bertz CT molecular complexity index is 3160. The van der Waals surface area contributed by atoms with Crippen molar-refractivity contribution in [1.82, 2.24) is 49.8 Å². The maximum atomic E-state index is 13.0. The van der Waals surface area contributed by atoms with Crippen molar-refractivity contribution in [2.24, 2.45) is 0 Å². The minimum atomic E-state index is -0.831. The van der Waals surface area contributed by atoms with Gasteiger partial charge in [0, 0.05) is 40.7 Å². The summed E-state index contributed by atoms with van der Waals surface area (Å²) in [7, 11) is 0. The molecule has 0 aliphatic heterocycles. The number of nitrogens with one attached hydrogen (secondary N) is 2. The van der Waals surface area contributed by atoms with Crippen molar-refractivity contribution < 1.29 is 18.4 Å². The van der Waals surface area contributed by atoms with Crippen LogP contribution in [-0.4, -0.2) is 61.7 Å². The normalized spacial score (nSPS) is 10.7. The summed E-state index contributed by atoms with van der Waals surface area (Å²) in [5, 5.41) is 15.7. The molecule has 0 saturated heterocycles. The third kappa shape index (κ3) is 13.6. The highest BCUT2D eigenvalue weighted by Crippen LogP contribution is 2.34. The lowest BCUT2D eigenvalue weighted by Gasteiger charge is -2.02. The second-order valence-electron chi connectivity index (χ2n) is 11.9. The second-order valence-corrected chi connectivity index (χ2v) is 23.5. The molecule has 16 nitrogen and oxygen atoms in total. The fourth-order valence-electron chi connectivity index (χ4n) is 4.83. The van der Waals surface area contributed by atoms with Crippen LogP contribution < -0.4 is 22.1 Å². The number of aromatic nitrogens is 10. The minimum Gasteiger partial charge on any atom is -0.382 e. The maximum Gasteiger partial charge on any atom is 0.311 e. The van der Waals surface area contributed by atoms with Gasteiger partial charge in [0.25, 0.3) is 0 Å². The zero-order valence-corrected chi connectivity index (χ0v) is 49.9. The summed E-state index contributed by atoms with van der Waals surface area (Å²) in [6.45, 7) is 2.78. The van der Waals surface area contributed by atoms with Crippen molar-refractivity contribution >= 4 is 302 Å². The molecule has 2 amide bonds. The van der Waals surface area contributed by atoms with E-state index in [9.17, 15) is 18.4 Å². The summed E-state index contributed by atoms with van der Waals surface area (Å²) < 4.78 is 34.6. The predicted molar refractivity (Wildman–Crippen MR) is 308 cm³/mol. The van der Waals surface area contributed by atoms with Gasteiger partial charge in [-0.05, 0) is 148 Å². The number of halogens is 11. The van der Waals surface area contributed by atoms with E-state index in [-0.39, 0.29) is 39.3 Å². The summed E-state index contributed by atoms with van der Waals surface area (Å²) in [5.41, 5.74) is 14.7. The van der Waals surface area contributed by atoms with Gasteiger partial charge in [-0.2, -0.15) is 33.7 Å². The van der Waals surface area contributed by atoms with Gasteiger partial charge >= 0.3 is 12.2 Å². The number of rotatable bonds is 2. The van der Waals surface area contributed by atoms with Gasteiger partial charge in [-0.3, -0.25) is 9.59 Å². The van der Waals surface area contributed by atoms with Crippen molar-refractivity contribution in [3.8, 4) is 0 Å². The summed E-state index contributed by atoms with van der Waals surface area (Å²) in [6.07, 6.45) is -1.60. The van der Waals surface area contributed by atoms with E-state index in [0.717, 1.165) is 53.2 Å². The first-order valence-electron chi connectivity index (χ1n) is 16.9. The van der Waals surface area contributed by atoms with E-state index in [1.165, 1.54) is 70.5 Å². The van der Waals surface area contributed by atoms with Crippen molar-refractivity contribution in [1.29, 1.82) is 0 Å². The first kappa shape index (κ1) is 53.8. The first-order chi connectivity index (χ1) is 31.2. The van der Waals surface area contributed by atoms with Crippen LogP contribution in [0.25, 0.3) is 51.1 Å². The van der Waals surface area contributed by atoms with Crippen LogP contribution in [0.5, 0.6) is 0 Å². The molecule has 10 heterocycles. The Labute approximate surface area is 477 Å². The van der Waals surface area contributed by atoms with Crippen LogP contribution in [0.4, 0.5) is 32.1 Å². The van der Waals surface area contributed by atoms with Gasteiger partial charge in [-0.15, -0.1) is 56.7 Å². The average Bonchev–Trinajstić information content (AvgIpc) is 4.06. The van der Waals surface area contributed by atoms with Crippen LogP contribution in [0.3, 0.4) is 0 Å². The Balaban J connectivity index is 0.000000137. The quantitative estimate of drug-likeness (QED) is 0.0715. The van der Waals surface area contributed by atoms with E-state index in [2.05, 4.69) is 173 Å². The number of anilines is 4. The number of nitrogens with two attached hydrogens (primary N) is 2. The summed E-state index contributed by atoms with van der Waals surface area (Å²) in [5.74, 6) is 0.930. The van der Waals surface area contributed by atoms with Gasteiger partial charge < -0.3 is 22.1 Å². The van der Waals surface area contributed by atoms with Crippen molar-refractivity contribution in [3.05, 3.63) is 77.9 Å². The molecule has 0 aromatic carbocycles. The van der Waals surface area contributed by atoms with E-state index in [1.54, 1.807) is 0 Å². The van der Waals surface area contributed by atoms with Gasteiger partial charge in [0.05, 0.1) is 41.4 Å². The number of fused-ring (bicyclic) bond motifs is 5. The highest BCUT2D eigenvalue weighted by atomic mass is 127. The zero-order valence-electron chi connectivity index (χ0n) is 32.0. The fraction of sp³-hybridized carbons (Fsp3) is 0.0588. The number of thiophene rings is 5. The molecule has 0 saturated carbocycles. The molecule has 0 atom stereocenters. The average molecular weight is 1630 g/mol. The number of hydrogen-bond acceptors (Lipinski definition) is 19. The van der Waals surface area contributed by atoms with Crippen LogP contribution >= 0.6 is 216 Å². The number of hydrogen-bond donors (Lipinski definition) is 4. The molecule has 0 unspecified atom stereocenters. The molecule has 66 heavy (non-hydrogen) atoms. The fourth-order valence-corrected chi connectivity index (χ4v) is 14.4. The van der Waals surface area contributed by atoms with E-state index >= 15 is 0 Å². The van der Waals surface area contributed by atoms with Crippen molar-refractivity contribution in [3.63, 3.8) is 0 Å². The molecule has 10 aromatic rings. The molecule has 0 aliphatic rings. The third-order valence-corrected chi connectivity index (χ3v) is 19.4. The van der Waals surface area contributed by atoms with Gasteiger partial charge in [0.1, 0.15) is 39.2 Å².